The van der Waals surface area contributed by atoms with Gasteiger partial charge in [-0.2, -0.15) is 0 Å². The lowest BCUT2D eigenvalue weighted by molar-refractivity contribution is 0.0995. The quantitative estimate of drug-likeness (QED) is 0.870. The highest BCUT2D eigenvalue weighted by Crippen LogP contribution is 2.18. The first-order chi connectivity index (χ1) is 7.82. The van der Waals surface area contributed by atoms with Crippen molar-refractivity contribution in [2.45, 2.75) is 19.4 Å². The molecule has 3 nitrogen and oxygen atoms in total. The van der Waals surface area contributed by atoms with E-state index in [4.69, 9.17) is 5.73 Å². The van der Waals surface area contributed by atoms with Gasteiger partial charge >= 0.3 is 0 Å². The largest absolute Gasteiger partial charge is 0.366 e. The average Bonchev–Trinajstić information content (AvgIpc) is 2.22. The number of primary amides is 1. The lowest BCUT2D eigenvalue weighted by Crippen LogP contribution is -2.27. The third kappa shape index (κ3) is 3.23. The van der Waals surface area contributed by atoms with Crippen LogP contribution in [0.5, 0.6) is 0 Å². The predicted molar refractivity (Wildman–Crippen MR) is 61.7 cm³/mol. The lowest BCUT2D eigenvalue weighted by atomic mass is 10.0. The van der Waals surface area contributed by atoms with Gasteiger partial charge in [-0.3, -0.25) is 4.79 Å². The van der Waals surface area contributed by atoms with Crippen molar-refractivity contribution in [3.63, 3.8) is 0 Å². The van der Waals surface area contributed by atoms with Gasteiger partial charge in [-0.05, 0) is 45.1 Å². The Bertz CT molecular complexity index is 433. The van der Waals surface area contributed by atoms with Crippen LogP contribution in [0.3, 0.4) is 0 Å². The zero-order chi connectivity index (χ0) is 13.2. The second-order valence-corrected chi connectivity index (χ2v) is 4.31. The monoisotopic (exact) mass is 242 g/mol. The number of hydrogen-bond donors (Lipinski definition) is 1. The van der Waals surface area contributed by atoms with Crippen molar-refractivity contribution in [2.75, 3.05) is 14.1 Å². The second-order valence-electron chi connectivity index (χ2n) is 4.31. The van der Waals surface area contributed by atoms with Crippen LogP contribution in [0.2, 0.25) is 0 Å². The molecule has 0 spiro atoms. The molecule has 0 aliphatic rings. The van der Waals surface area contributed by atoms with E-state index in [1.54, 1.807) is 0 Å². The fraction of sp³-hybridized carbons (Fsp3) is 0.417. The summed E-state index contributed by atoms with van der Waals surface area (Å²) < 4.78 is 27.1. The van der Waals surface area contributed by atoms with E-state index in [1.807, 2.05) is 25.9 Å². The van der Waals surface area contributed by atoms with Crippen LogP contribution >= 0.6 is 0 Å². The molecule has 1 atom stereocenters. The number of rotatable bonds is 4. The van der Waals surface area contributed by atoms with Crippen molar-refractivity contribution in [3.8, 4) is 0 Å². The van der Waals surface area contributed by atoms with Gasteiger partial charge in [0.15, 0.2) is 0 Å². The van der Waals surface area contributed by atoms with Gasteiger partial charge in [-0.1, -0.05) is 0 Å². The Morgan fingerprint density at radius 3 is 2.47 bits per heavy atom. The number of carbonyl (C=O) groups is 1. The summed E-state index contributed by atoms with van der Waals surface area (Å²) in [5.74, 6) is -2.34. The van der Waals surface area contributed by atoms with Crippen LogP contribution in [0.1, 0.15) is 22.8 Å². The van der Waals surface area contributed by atoms with Gasteiger partial charge in [0.2, 0.25) is 0 Å². The van der Waals surface area contributed by atoms with E-state index in [9.17, 15) is 13.6 Å². The van der Waals surface area contributed by atoms with E-state index in [2.05, 4.69) is 0 Å². The summed E-state index contributed by atoms with van der Waals surface area (Å²) in [5, 5.41) is 0. The molecule has 0 radical (unpaired) electrons. The van der Waals surface area contributed by atoms with Gasteiger partial charge < -0.3 is 10.6 Å². The van der Waals surface area contributed by atoms with Crippen LogP contribution in [-0.4, -0.2) is 30.9 Å². The first-order valence-corrected chi connectivity index (χ1v) is 5.27. The van der Waals surface area contributed by atoms with Gasteiger partial charge in [-0.25, -0.2) is 8.78 Å². The molecule has 0 heterocycles. The summed E-state index contributed by atoms with van der Waals surface area (Å²) in [6.45, 7) is 1.88. The van der Waals surface area contributed by atoms with Gasteiger partial charge in [0.25, 0.3) is 5.91 Å². The number of benzene rings is 1. The predicted octanol–water partition coefficient (Wildman–Crippen LogP) is 1.56. The van der Waals surface area contributed by atoms with E-state index in [0.717, 1.165) is 12.1 Å². The zero-order valence-corrected chi connectivity index (χ0v) is 10.1. The molecule has 1 unspecified atom stereocenters. The van der Waals surface area contributed by atoms with Crippen LogP contribution in [0, 0.1) is 11.6 Å². The van der Waals surface area contributed by atoms with Crippen LogP contribution < -0.4 is 5.73 Å². The Balaban J connectivity index is 3.12. The minimum Gasteiger partial charge on any atom is -0.366 e. The Labute approximate surface area is 99.2 Å². The van der Waals surface area contributed by atoms with Crippen molar-refractivity contribution in [2.24, 2.45) is 5.73 Å². The molecular formula is C12H16F2N2O. The summed E-state index contributed by atoms with van der Waals surface area (Å²) >= 11 is 0. The van der Waals surface area contributed by atoms with E-state index in [-0.39, 0.29) is 11.6 Å². The summed E-state index contributed by atoms with van der Waals surface area (Å²) in [7, 11) is 3.69. The minimum absolute atomic E-state index is 0.0343. The molecule has 1 aromatic carbocycles. The van der Waals surface area contributed by atoms with Crippen molar-refractivity contribution < 1.29 is 13.6 Å². The maximum absolute atomic E-state index is 13.8. The molecule has 94 valence electrons. The summed E-state index contributed by atoms with van der Waals surface area (Å²) in [6.07, 6.45) is 0.316. The molecule has 17 heavy (non-hydrogen) atoms. The number of carbonyl (C=O) groups excluding carboxylic acids is 1. The summed E-state index contributed by atoms with van der Waals surface area (Å²) in [6, 6.07) is 1.95. The lowest BCUT2D eigenvalue weighted by Gasteiger charge is -2.20. The van der Waals surface area contributed by atoms with Gasteiger partial charge in [0, 0.05) is 6.04 Å². The van der Waals surface area contributed by atoms with Crippen molar-refractivity contribution in [1.29, 1.82) is 0 Å². The SMILES string of the molecule is CC(Cc1cc(F)cc(C(N)=O)c1F)N(C)C. The maximum atomic E-state index is 13.8. The van der Waals surface area contributed by atoms with Gasteiger partial charge in [0.05, 0.1) is 5.56 Å². The van der Waals surface area contributed by atoms with Gasteiger partial charge in [0.1, 0.15) is 11.6 Å². The zero-order valence-electron chi connectivity index (χ0n) is 10.1. The molecule has 5 heteroatoms. The Morgan fingerprint density at radius 2 is 2.00 bits per heavy atom. The average molecular weight is 242 g/mol. The Hall–Kier alpha value is -1.49. The normalized spacial score (nSPS) is 12.8. The van der Waals surface area contributed by atoms with Crippen LogP contribution in [0.15, 0.2) is 12.1 Å². The van der Waals surface area contributed by atoms with Gasteiger partial charge in [-0.15, -0.1) is 0 Å². The molecule has 0 fully saturated rings. The molecule has 0 aliphatic carbocycles. The number of halogens is 2. The molecule has 2 N–H and O–H groups in total. The van der Waals surface area contributed by atoms with Crippen molar-refractivity contribution in [3.05, 3.63) is 34.9 Å². The van der Waals surface area contributed by atoms with Crippen molar-refractivity contribution in [1.82, 2.24) is 4.90 Å². The van der Waals surface area contributed by atoms with Crippen LogP contribution in [-0.2, 0) is 6.42 Å². The third-order valence-corrected chi connectivity index (χ3v) is 2.78. The van der Waals surface area contributed by atoms with Crippen LogP contribution in [0.25, 0.3) is 0 Å². The molecule has 1 rings (SSSR count). The Kier molecular flexibility index (Phi) is 4.17. The molecule has 0 aromatic heterocycles. The topological polar surface area (TPSA) is 46.3 Å². The standard InChI is InChI=1S/C12H16F2N2O/c1-7(16(2)3)4-8-5-9(13)6-10(11(8)14)12(15)17/h5-7H,4H2,1-3H3,(H2,15,17). The van der Waals surface area contributed by atoms with E-state index < -0.39 is 23.1 Å². The number of hydrogen-bond acceptors (Lipinski definition) is 2. The van der Waals surface area contributed by atoms with E-state index in [1.165, 1.54) is 0 Å². The highest BCUT2D eigenvalue weighted by molar-refractivity contribution is 5.93. The number of amides is 1. The maximum Gasteiger partial charge on any atom is 0.251 e. The summed E-state index contributed by atoms with van der Waals surface area (Å²) in [4.78, 5) is 12.8. The Morgan fingerprint density at radius 1 is 1.41 bits per heavy atom. The molecule has 1 amide bonds. The fourth-order valence-corrected chi connectivity index (χ4v) is 1.47. The van der Waals surface area contributed by atoms with Crippen molar-refractivity contribution >= 4 is 5.91 Å². The molecule has 0 saturated heterocycles. The highest BCUT2D eigenvalue weighted by atomic mass is 19.1. The highest BCUT2D eigenvalue weighted by Gasteiger charge is 2.17. The molecule has 0 aliphatic heterocycles. The third-order valence-electron chi connectivity index (χ3n) is 2.78. The van der Waals surface area contributed by atoms with Crippen LogP contribution in [0.4, 0.5) is 8.78 Å². The van der Waals surface area contributed by atoms with E-state index >= 15 is 0 Å². The number of nitrogens with zero attached hydrogens (tertiary/aromatic N) is 1. The number of nitrogens with two attached hydrogens (primary N) is 1. The molecule has 1 aromatic rings. The second kappa shape index (κ2) is 5.23. The minimum atomic E-state index is -0.958. The van der Waals surface area contributed by atoms with E-state index in [0.29, 0.717) is 6.42 Å². The molecule has 0 saturated carbocycles. The fourth-order valence-electron chi connectivity index (χ4n) is 1.47. The first kappa shape index (κ1) is 13.6. The number of likely N-dealkylation sites (N-methyl/N-ethyl adjacent to an activating group) is 1. The molecular weight excluding hydrogens is 226 g/mol. The first-order valence-electron chi connectivity index (χ1n) is 5.27. The molecule has 0 bridgehead atoms. The smallest absolute Gasteiger partial charge is 0.251 e. The summed E-state index contributed by atoms with van der Waals surface area (Å²) in [5.41, 5.74) is 4.76.